The van der Waals surface area contributed by atoms with E-state index < -0.39 is 0 Å². The van der Waals surface area contributed by atoms with E-state index in [9.17, 15) is 9.18 Å². The van der Waals surface area contributed by atoms with Crippen molar-refractivity contribution in [2.75, 3.05) is 11.1 Å². The highest BCUT2D eigenvalue weighted by Crippen LogP contribution is 2.28. The Balaban J connectivity index is 1.46. The largest absolute Gasteiger partial charge is 0.300 e. The van der Waals surface area contributed by atoms with Crippen molar-refractivity contribution in [1.82, 2.24) is 25.6 Å². The average Bonchev–Trinajstić information content (AvgIpc) is 3.24. The van der Waals surface area contributed by atoms with Crippen molar-refractivity contribution in [3.05, 3.63) is 41.8 Å². The van der Waals surface area contributed by atoms with E-state index in [0.29, 0.717) is 15.9 Å². The van der Waals surface area contributed by atoms with Gasteiger partial charge in [0.25, 0.3) is 0 Å². The zero-order valence-electron chi connectivity index (χ0n) is 12.1. The van der Waals surface area contributed by atoms with Crippen LogP contribution in [-0.2, 0) is 10.5 Å². The molecule has 0 saturated heterocycles. The number of benzene rings is 1. The van der Waals surface area contributed by atoms with Gasteiger partial charge in [-0.2, -0.15) is 10.3 Å². The molecule has 0 bridgehead atoms. The number of nitrogens with one attached hydrogen (secondary N) is 2. The summed E-state index contributed by atoms with van der Waals surface area (Å²) in [6.07, 6.45) is 1.55. The van der Waals surface area contributed by atoms with E-state index in [1.54, 1.807) is 18.3 Å². The van der Waals surface area contributed by atoms with E-state index in [2.05, 4.69) is 30.9 Å². The van der Waals surface area contributed by atoms with Crippen LogP contribution in [0.5, 0.6) is 0 Å². The number of anilines is 1. The van der Waals surface area contributed by atoms with Gasteiger partial charge in [0.15, 0.2) is 4.34 Å². The Morgan fingerprint density at radius 3 is 2.83 bits per heavy atom. The summed E-state index contributed by atoms with van der Waals surface area (Å²) < 4.78 is 13.6. The van der Waals surface area contributed by atoms with Crippen molar-refractivity contribution in [3.63, 3.8) is 0 Å². The molecule has 1 amide bonds. The van der Waals surface area contributed by atoms with E-state index >= 15 is 0 Å². The lowest BCUT2D eigenvalue weighted by molar-refractivity contribution is -0.113. The number of rotatable bonds is 7. The van der Waals surface area contributed by atoms with Crippen molar-refractivity contribution in [1.29, 1.82) is 0 Å². The van der Waals surface area contributed by atoms with Crippen LogP contribution in [0.3, 0.4) is 0 Å². The van der Waals surface area contributed by atoms with Crippen LogP contribution in [0.1, 0.15) is 5.56 Å². The number of amides is 1. The SMILES string of the molecule is O=C(CSc1cn[nH]n1)Nc1nnc(SCc2ccc(F)cc2)s1. The predicted octanol–water partition coefficient (Wildman–Crippen LogP) is 2.82. The Bertz CT molecular complexity index is 792. The van der Waals surface area contributed by atoms with Gasteiger partial charge in [-0.25, -0.2) is 4.39 Å². The predicted molar refractivity (Wildman–Crippen MR) is 91.6 cm³/mol. The highest BCUT2D eigenvalue weighted by atomic mass is 32.2. The molecule has 3 aromatic rings. The molecule has 2 heterocycles. The molecule has 3 rings (SSSR count). The van der Waals surface area contributed by atoms with Crippen molar-refractivity contribution >= 4 is 45.9 Å². The molecule has 11 heteroatoms. The van der Waals surface area contributed by atoms with Gasteiger partial charge in [-0.15, -0.1) is 15.3 Å². The number of aromatic amines is 1. The fourth-order valence-electron chi connectivity index (χ4n) is 1.60. The van der Waals surface area contributed by atoms with Gasteiger partial charge in [0, 0.05) is 5.75 Å². The molecular weight excluding hydrogens is 371 g/mol. The molecular formula is C13H11FN6OS3. The standard InChI is InChI=1S/C13H11FN6OS3/c14-9-3-1-8(2-4-9)6-23-13-19-18-12(24-13)16-10(21)7-22-11-5-15-20-17-11/h1-5H,6-7H2,(H,15,17,20)(H,16,18,21). The quantitative estimate of drug-likeness (QED) is 0.479. The molecule has 0 saturated carbocycles. The number of carbonyl (C=O) groups excluding carboxylic acids is 1. The average molecular weight is 382 g/mol. The summed E-state index contributed by atoms with van der Waals surface area (Å²) >= 11 is 4.05. The zero-order valence-corrected chi connectivity index (χ0v) is 14.6. The third-order valence-corrected chi connectivity index (χ3v) is 5.61. The van der Waals surface area contributed by atoms with Gasteiger partial charge >= 0.3 is 0 Å². The molecule has 0 fully saturated rings. The van der Waals surface area contributed by atoms with Crippen LogP contribution >= 0.6 is 34.9 Å². The number of H-pyrrole nitrogens is 1. The van der Waals surface area contributed by atoms with Crippen LogP contribution < -0.4 is 5.32 Å². The number of nitrogens with zero attached hydrogens (tertiary/aromatic N) is 4. The lowest BCUT2D eigenvalue weighted by atomic mass is 10.2. The molecule has 24 heavy (non-hydrogen) atoms. The Labute approximate surface area is 148 Å². The monoisotopic (exact) mass is 382 g/mol. The lowest BCUT2D eigenvalue weighted by Crippen LogP contribution is -2.13. The van der Waals surface area contributed by atoms with E-state index in [-0.39, 0.29) is 17.5 Å². The third kappa shape index (κ3) is 5.01. The van der Waals surface area contributed by atoms with Gasteiger partial charge in [0.2, 0.25) is 11.0 Å². The molecule has 0 aliphatic rings. The highest BCUT2D eigenvalue weighted by Gasteiger charge is 2.10. The number of carbonyl (C=O) groups is 1. The second-order valence-corrected chi connectivity index (χ2v) is 7.63. The van der Waals surface area contributed by atoms with Gasteiger partial charge < -0.3 is 0 Å². The molecule has 0 spiro atoms. The summed E-state index contributed by atoms with van der Waals surface area (Å²) in [7, 11) is 0. The fraction of sp³-hybridized carbons (Fsp3) is 0.154. The zero-order chi connectivity index (χ0) is 16.8. The first kappa shape index (κ1) is 16.9. The summed E-state index contributed by atoms with van der Waals surface area (Å²) in [6, 6.07) is 6.31. The first-order chi connectivity index (χ1) is 11.7. The van der Waals surface area contributed by atoms with Crippen molar-refractivity contribution < 1.29 is 9.18 Å². The van der Waals surface area contributed by atoms with Crippen molar-refractivity contribution in [2.24, 2.45) is 0 Å². The van der Waals surface area contributed by atoms with Crippen LogP contribution in [0.4, 0.5) is 9.52 Å². The molecule has 1 aromatic carbocycles. The molecule has 0 unspecified atom stereocenters. The first-order valence-corrected chi connectivity index (χ1v) is 9.47. The molecule has 0 atom stereocenters. The van der Waals surface area contributed by atoms with Crippen LogP contribution in [-0.4, -0.2) is 37.3 Å². The second kappa shape index (κ2) is 8.22. The molecule has 7 nitrogen and oxygen atoms in total. The van der Waals surface area contributed by atoms with Gasteiger partial charge in [0.05, 0.1) is 11.9 Å². The molecule has 2 N–H and O–H groups in total. The van der Waals surface area contributed by atoms with Crippen LogP contribution in [0.25, 0.3) is 0 Å². The Morgan fingerprint density at radius 1 is 1.25 bits per heavy atom. The van der Waals surface area contributed by atoms with Crippen molar-refractivity contribution in [3.8, 4) is 0 Å². The molecule has 124 valence electrons. The molecule has 0 aliphatic heterocycles. The normalized spacial score (nSPS) is 10.7. The van der Waals surface area contributed by atoms with Crippen molar-refractivity contribution in [2.45, 2.75) is 15.1 Å². The van der Waals surface area contributed by atoms with E-state index in [1.807, 2.05) is 0 Å². The van der Waals surface area contributed by atoms with Crippen LogP contribution in [0.2, 0.25) is 0 Å². The van der Waals surface area contributed by atoms with Gasteiger partial charge in [0.1, 0.15) is 10.8 Å². The summed E-state index contributed by atoms with van der Waals surface area (Å²) in [4.78, 5) is 11.8. The number of aromatic nitrogens is 5. The number of hydrogen-bond donors (Lipinski definition) is 2. The van der Waals surface area contributed by atoms with Crippen LogP contribution in [0, 0.1) is 5.82 Å². The number of thioether (sulfide) groups is 2. The van der Waals surface area contributed by atoms with Gasteiger partial charge in [-0.3, -0.25) is 10.1 Å². The maximum atomic E-state index is 12.8. The maximum absolute atomic E-state index is 12.8. The number of hydrogen-bond acceptors (Lipinski definition) is 8. The molecule has 0 aliphatic carbocycles. The lowest BCUT2D eigenvalue weighted by Gasteiger charge is -1.99. The topological polar surface area (TPSA) is 96.5 Å². The van der Waals surface area contributed by atoms with E-state index in [4.69, 9.17) is 0 Å². The number of halogens is 1. The fourth-order valence-corrected chi connectivity index (χ4v) is 3.91. The molecule has 2 aromatic heterocycles. The summed E-state index contributed by atoms with van der Waals surface area (Å²) in [5.41, 5.74) is 0.992. The second-order valence-electron chi connectivity index (χ2n) is 4.43. The van der Waals surface area contributed by atoms with Gasteiger partial charge in [-0.05, 0) is 17.7 Å². The summed E-state index contributed by atoms with van der Waals surface area (Å²) in [6.45, 7) is 0. The minimum atomic E-state index is -0.256. The minimum absolute atomic E-state index is 0.186. The third-order valence-electron chi connectivity index (χ3n) is 2.67. The highest BCUT2D eigenvalue weighted by molar-refractivity contribution is 8.00. The molecule has 0 radical (unpaired) electrons. The Morgan fingerprint density at radius 2 is 2.08 bits per heavy atom. The van der Waals surface area contributed by atoms with Crippen LogP contribution in [0.15, 0.2) is 39.8 Å². The first-order valence-electron chi connectivity index (χ1n) is 6.68. The maximum Gasteiger partial charge on any atom is 0.236 e. The Kier molecular flexibility index (Phi) is 5.77. The summed E-state index contributed by atoms with van der Waals surface area (Å²) in [5.74, 6) is 0.428. The summed E-state index contributed by atoms with van der Waals surface area (Å²) in [5, 5.41) is 21.8. The smallest absolute Gasteiger partial charge is 0.236 e. The van der Waals surface area contributed by atoms with E-state index in [1.165, 1.54) is 47.0 Å². The van der Waals surface area contributed by atoms with E-state index in [0.717, 1.165) is 9.90 Å². The Hall–Kier alpha value is -1.98. The minimum Gasteiger partial charge on any atom is -0.300 e. The van der Waals surface area contributed by atoms with Gasteiger partial charge in [-0.1, -0.05) is 47.0 Å².